The minimum absolute atomic E-state index is 0.933. The van der Waals surface area contributed by atoms with Crippen LogP contribution in [0.3, 0.4) is 0 Å². The Bertz CT molecular complexity index is 245. The van der Waals surface area contributed by atoms with Gasteiger partial charge < -0.3 is 0 Å². The van der Waals surface area contributed by atoms with E-state index in [9.17, 15) is 0 Å². The molecule has 0 N–H and O–H groups in total. The Hall–Kier alpha value is -0.790. The predicted octanol–water partition coefficient (Wildman–Crippen LogP) is 1.17. The molecule has 0 radical (unpaired) electrons. The molecule has 0 aliphatic rings. The van der Waals surface area contributed by atoms with Gasteiger partial charge in [-0.25, -0.2) is 0 Å². The van der Waals surface area contributed by atoms with Crippen molar-refractivity contribution < 1.29 is 0 Å². The summed E-state index contributed by atoms with van der Waals surface area (Å²) in [6, 6.07) is 7.79. The first kappa shape index (κ1) is 6.33. The van der Waals surface area contributed by atoms with Crippen LogP contribution >= 0.6 is 9.24 Å². The summed E-state index contributed by atoms with van der Waals surface area (Å²) in [4.78, 5) is 0. The Morgan fingerprint density at radius 3 is 2.67 bits per heavy atom. The van der Waals surface area contributed by atoms with Crippen LogP contribution in [0.5, 0.6) is 0 Å². The average molecular weight is 134 g/mol. The number of rotatable bonds is 0. The van der Waals surface area contributed by atoms with Crippen LogP contribution in [0.4, 0.5) is 0 Å². The summed E-state index contributed by atoms with van der Waals surface area (Å²) in [6.07, 6.45) is 5.16. The second-order valence-corrected chi connectivity index (χ2v) is 2.44. The highest BCUT2D eigenvalue weighted by Gasteiger charge is 1.83. The molecule has 0 heterocycles. The number of benzene rings is 1. The number of terminal acetylenes is 1. The molecule has 1 aromatic rings. The molecule has 0 nitrogen and oxygen atoms in total. The molecule has 1 atom stereocenters. The number of hydrogen-bond acceptors (Lipinski definition) is 0. The van der Waals surface area contributed by atoms with Gasteiger partial charge in [0.25, 0.3) is 0 Å². The third kappa shape index (κ3) is 1.56. The van der Waals surface area contributed by atoms with Crippen molar-refractivity contribution in [1.29, 1.82) is 0 Å². The van der Waals surface area contributed by atoms with Crippen LogP contribution in [0.2, 0.25) is 0 Å². The molecule has 44 valence electrons. The van der Waals surface area contributed by atoms with Crippen LogP contribution in [-0.4, -0.2) is 0 Å². The third-order valence-corrected chi connectivity index (χ3v) is 1.41. The standard InChI is InChI=1S/C8H7P/c1-2-7-4-3-5-8(9)6-7/h1,3-6H,9H2. The second kappa shape index (κ2) is 2.67. The zero-order valence-electron chi connectivity index (χ0n) is 4.96. The van der Waals surface area contributed by atoms with Crippen molar-refractivity contribution in [1.82, 2.24) is 0 Å². The van der Waals surface area contributed by atoms with Crippen LogP contribution < -0.4 is 5.30 Å². The monoisotopic (exact) mass is 134 g/mol. The molecular formula is C8H7P. The van der Waals surface area contributed by atoms with Gasteiger partial charge in [0.05, 0.1) is 0 Å². The van der Waals surface area contributed by atoms with Gasteiger partial charge in [0.2, 0.25) is 0 Å². The van der Waals surface area contributed by atoms with Crippen molar-refractivity contribution in [3.05, 3.63) is 29.8 Å². The van der Waals surface area contributed by atoms with Crippen molar-refractivity contribution >= 4 is 14.5 Å². The zero-order chi connectivity index (χ0) is 6.69. The van der Waals surface area contributed by atoms with Crippen LogP contribution in [0, 0.1) is 12.3 Å². The van der Waals surface area contributed by atoms with E-state index >= 15 is 0 Å². The molecule has 9 heavy (non-hydrogen) atoms. The average Bonchev–Trinajstić information content (AvgIpc) is 1.88. The van der Waals surface area contributed by atoms with Gasteiger partial charge in [-0.15, -0.1) is 15.7 Å². The SMILES string of the molecule is C#Cc1cccc(P)c1. The maximum atomic E-state index is 5.16. The fourth-order valence-corrected chi connectivity index (χ4v) is 0.919. The molecule has 0 saturated carbocycles. The molecule has 1 heteroatoms. The van der Waals surface area contributed by atoms with E-state index in [1.807, 2.05) is 24.3 Å². The molecule has 1 aromatic carbocycles. The van der Waals surface area contributed by atoms with Gasteiger partial charge in [0.1, 0.15) is 0 Å². The topological polar surface area (TPSA) is 0 Å². The van der Waals surface area contributed by atoms with Gasteiger partial charge in [-0.3, -0.25) is 0 Å². The smallest absolute Gasteiger partial charge is 0.0248 e. The zero-order valence-corrected chi connectivity index (χ0v) is 6.12. The Morgan fingerprint density at radius 2 is 2.22 bits per heavy atom. The van der Waals surface area contributed by atoms with E-state index in [2.05, 4.69) is 15.2 Å². The molecule has 0 aliphatic carbocycles. The van der Waals surface area contributed by atoms with E-state index in [0.717, 1.165) is 10.9 Å². The fraction of sp³-hybridized carbons (Fsp3) is 0. The lowest BCUT2D eigenvalue weighted by Gasteiger charge is -1.90. The molecule has 0 aromatic heterocycles. The van der Waals surface area contributed by atoms with E-state index in [4.69, 9.17) is 6.42 Å². The lowest BCUT2D eigenvalue weighted by molar-refractivity contribution is 1.70. The first-order valence-corrected chi connectivity index (χ1v) is 3.23. The molecule has 0 saturated heterocycles. The van der Waals surface area contributed by atoms with Crippen LogP contribution in [0.1, 0.15) is 5.56 Å². The van der Waals surface area contributed by atoms with Crippen molar-refractivity contribution in [3.63, 3.8) is 0 Å². The Morgan fingerprint density at radius 1 is 1.44 bits per heavy atom. The summed E-state index contributed by atoms with van der Waals surface area (Å²) < 4.78 is 0. The van der Waals surface area contributed by atoms with Crippen molar-refractivity contribution in [2.45, 2.75) is 0 Å². The second-order valence-electron chi connectivity index (χ2n) is 1.77. The summed E-state index contributed by atoms with van der Waals surface area (Å²) in [6.45, 7) is 0. The highest BCUT2D eigenvalue weighted by Crippen LogP contribution is 1.95. The molecule has 0 bridgehead atoms. The number of hydrogen-bond donors (Lipinski definition) is 0. The molecular weight excluding hydrogens is 127 g/mol. The fourth-order valence-electron chi connectivity index (χ4n) is 0.628. The van der Waals surface area contributed by atoms with E-state index in [1.54, 1.807) is 0 Å². The summed E-state index contributed by atoms with van der Waals surface area (Å²) in [7, 11) is 2.60. The maximum Gasteiger partial charge on any atom is 0.0248 e. The first-order valence-electron chi connectivity index (χ1n) is 2.65. The summed E-state index contributed by atoms with van der Waals surface area (Å²) in [5.41, 5.74) is 0.933. The van der Waals surface area contributed by atoms with Crippen molar-refractivity contribution in [2.24, 2.45) is 0 Å². The van der Waals surface area contributed by atoms with Gasteiger partial charge in [-0.05, 0) is 17.4 Å². The van der Waals surface area contributed by atoms with Crippen LogP contribution in [0.15, 0.2) is 24.3 Å². The normalized spacial score (nSPS) is 8.44. The van der Waals surface area contributed by atoms with Gasteiger partial charge in [0, 0.05) is 5.56 Å². The minimum atomic E-state index is 0.933. The summed E-state index contributed by atoms with van der Waals surface area (Å²) in [5.74, 6) is 2.55. The van der Waals surface area contributed by atoms with E-state index in [1.165, 1.54) is 0 Å². The van der Waals surface area contributed by atoms with Crippen LogP contribution in [-0.2, 0) is 0 Å². The van der Waals surface area contributed by atoms with Gasteiger partial charge in [-0.1, -0.05) is 18.1 Å². The highest BCUT2D eigenvalue weighted by molar-refractivity contribution is 7.27. The molecule has 0 fully saturated rings. The Labute approximate surface area is 57.5 Å². The molecule has 0 amide bonds. The van der Waals surface area contributed by atoms with Gasteiger partial charge >= 0.3 is 0 Å². The quantitative estimate of drug-likeness (QED) is 0.369. The largest absolute Gasteiger partial charge is 0.115 e. The molecule has 0 spiro atoms. The first-order chi connectivity index (χ1) is 4.33. The lowest BCUT2D eigenvalue weighted by Crippen LogP contribution is -1.88. The highest BCUT2D eigenvalue weighted by atomic mass is 31.0. The third-order valence-electron chi connectivity index (χ3n) is 1.05. The molecule has 0 aliphatic heterocycles. The van der Waals surface area contributed by atoms with E-state index in [-0.39, 0.29) is 0 Å². The Balaban J connectivity index is 3.12. The van der Waals surface area contributed by atoms with Gasteiger partial charge in [0.15, 0.2) is 0 Å². The predicted molar refractivity (Wildman–Crippen MR) is 43.7 cm³/mol. The molecule has 1 rings (SSSR count). The van der Waals surface area contributed by atoms with Crippen molar-refractivity contribution in [3.8, 4) is 12.3 Å². The maximum absolute atomic E-state index is 5.16. The van der Waals surface area contributed by atoms with Gasteiger partial charge in [-0.2, -0.15) is 0 Å². The van der Waals surface area contributed by atoms with E-state index in [0.29, 0.717) is 0 Å². The lowest BCUT2D eigenvalue weighted by atomic mass is 10.2. The van der Waals surface area contributed by atoms with Crippen LogP contribution in [0.25, 0.3) is 0 Å². The van der Waals surface area contributed by atoms with E-state index < -0.39 is 0 Å². The van der Waals surface area contributed by atoms with Crippen molar-refractivity contribution in [2.75, 3.05) is 0 Å². The molecule has 1 unspecified atom stereocenters. The minimum Gasteiger partial charge on any atom is -0.115 e. The summed E-state index contributed by atoms with van der Waals surface area (Å²) in [5, 5.41) is 1.13. The Kier molecular flexibility index (Phi) is 1.88. The summed E-state index contributed by atoms with van der Waals surface area (Å²) >= 11 is 0.